The van der Waals surface area contributed by atoms with E-state index in [4.69, 9.17) is 13.9 Å². The molecule has 0 aromatic heterocycles. The lowest BCUT2D eigenvalue weighted by Crippen LogP contribution is -2.41. The molecule has 0 fully saturated rings. The van der Waals surface area contributed by atoms with Crippen LogP contribution in [0.1, 0.15) is 27.2 Å². The Balaban J connectivity index is 2.00. The van der Waals surface area contributed by atoms with Gasteiger partial charge in [-0.2, -0.15) is 0 Å². The van der Waals surface area contributed by atoms with Crippen molar-refractivity contribution >= 4 is 8.32 Å². The lowest BCUT2D eigenvalue weighted by molar-refractivity contribution is 0.0892. The number of rotatable bonds is 9. The molecular formula is C17H30O3Si. The highest BCUT2D eigenvalue weighted by molar-refractivity contribution is 6.74. The van der Waals surface area contributed by atoms with E-state index in [-0.39, 0.29) is 5.04 Å². The predicted octanol–water partition coefficient (Wildman–Crippen LogP) is 4.49. The minimum Gasteiger partial charge on any atom is -0.491 e. The summed E-state index contributed by atoms with van der Waals surface area (Å²) in [6.07, 6.45) is 0.942. The molecule has 1 aromatic carbocycles. The first kappa shape index (κ1) is 18.2. The Labute approximate surface area is 130 Å². The average Bonchev–Trinajstić information content (AvgIpc) is 2.41. The Morgan fingerprint density at radius 2 is 1.57 bits per heavy atom. The molecule has 0 saturated carbocycles. The van der Waals surface area contributed by atoms with E-state index >= 15 is 0 Å². The molecule has 0 saturated heterocycles. The molecule has 1 aromatic rings. The van der Waals surface area contributed by atoms with Crippen LogP contribution < -0.4 is 4.74 Å². The molecule has 0 aliphatic heterocycles. The third-order valence-corrected chi connectivity index (χ3v) is 8.48. The van der Waals surface area contributed by atoms with E-state index < -0.39 is 8.32 Å². The molecular weight excluding hydrogens is 280 g/mol. The zero-order valence-electron chi connectivity index (χ0n) is 14.1. The summed E-state index contributed by atoms with van der Waals surface area (Å²) < 4.78 is 17.2. The molecule has 0 radical (unpaired) electrons. The molecule has 0 aliphatic carbocycles. The lowest BCUT2D eigenvalue weighted by atomic mass is 10.2. The molecule has 3 nitrogen and oxygen atoms in total. The van der Waals surface area contributed by atoms with Gasteiger partial charge in [0.1, 0.15) is 12.4 Å². The quantitative estimate of drug-likeness (QED) is 0.497. The first-order chi connectivity index (χ1) is 9.83. The second-order valence-electron chi connectivity index (χ2n) is 6.74. The molecule has 0 aliphatic rings. The van der Waals surface area contributed by atoms with Crippen molar-refractivity contribution in [1.82, 2.24) is 0 Å². The average molecular weight is 311 g/mol. The summed E-state index contributed by atoms with van der Waals surface area (Å²) in [5.41, 5.74) is 0. The van der Waals surface area contributed by atoms with Crippen LogP contribution in [0.5, 0.6) is 5.75 Å². The Hall–Kier alpha value is -0.843. The Kier molecular flexibility index (Phi) is 7.42. The number of para-hydroxylation sites is 1. The van der Waals surface area contributed by atoms with Crippen LogP contribution in [0.4, 0.5) is 0 Å². The van der Waals surface area contributed by atoms with Gasteiger partial charge >= 0.3 is 0 Å². The molecule has 1 rings (SSSR count). The van der Waals surface area contributed by atoms with Gasteiger partial charge in [0.25, 0.3) is 0 Å². The van der Waals surface area contributed by atoms with Crippen LogP contribution >= 0.6 is 0 Å². The molecule has 4 heteroatoms. The van der Waals surface area contributed by atoms with E-state index in [1.54, 1.807) is 0 Å². The van der Waals surface area contributed by atoms with E-state index in [9.17, 15) is 0 Å². The monoisotopic (exact) mass is 310 g/mol. The van der Waals surface area contributed by atoms with Crippen LogP contribution in [0.2, 0.25) is 18.1 Å². The Morgan fingerprint density at radius 1 is 0.905 bits per heavy atom. The Bertz CT molecular complexity index is 385. The van der Waals surface area contributed by atoms with Crippen molar-refractivity contribution in [2.24, 2.45) is 0 Å². The third kappa shape index (κ3) is 7.11. The normalized spacial score (nSPS) is 12.4. The van der Waals surface area contributed by atoms with Crippen molar-refractivity contribution in [1.29, 1.82) is 0 Å². The van der Waals surface area contributed by atoms with Gasteiger partial charge < -0.3 is 13.9 Å². The van der Waals surface area contributed by atoms with Crippen molar-refractivity contribution in [3.05, 3.63) is 30.3 Å². The molecule has 0 bridgehead atoms. The van der Waals surface area contributed by atoms with Gasteiger partial charge in [0.15, 0.2) is 8.32 Å². The molecule has 0 heterocycles. The zero-order chi connectivity index (χ0) is 15.8. The van der Waals surface area contributed by atoms with Crippen LogP contribution in [0.25, 0.3) is 0 Å². The van der Waals surface area contributed by atoms with Gasteiger partial charge in [-0.15, -0.1) is 0 Å². The summed E-state index contributed by atoms with van der Waals surface area (Å²) in [4.78, 5) is 0. The molecule has 0 spiro atoms. The predicted molar refractivity (Wildman–Crippen MR) is 90.5 cm³/mol. The molecule has 0 N–H and O–H groups in total. The van der Waals surface area contributed by atoms with Crippen molar-refractivity contribution in [3.8, 4) is 5.75 Å². The van der Waals surface area contributed by atoms with Crippen molar-refractivity contribution in [2.45, 2.75) is 45.3 Å². The van der Waals surface area contributed by atoms with E-state index in [0.717, 1.165) is 25.4 Å². The fourth-order valence-electron chi connectivity index (χ4n) is 1.54. The third-order valence-electron chi connectivity index (χ3n) is 3.94. The molecule has 0 amide bonds. The van der Waals surface area contributed by atoms with E-state index in [2.05, 4.69) is 33.9 Å². The second-order valence-corrected chi connectivity index (χ2v) is 11.5. The van der Waals surface area contributed by atoms with Crippen molar-refractivity contribution in [3.63, 3.8) is 0 Å². The SMILES string of the molecule is CC(C)(C)[Si](C)(C)OCCCOCCOc1ccccc1. The van der Waals surface area contributed by atoms with Gasteiger partial charge in [0.05, 0.1) is 6.61 Å². The van der Waals surface area contributed by atoms with Gasteiger partial charge in [-0.3, -0.25) is 0 Å². The molecule has 0 atom stereocenters. The minimum absolute atomic E-state index is 0.275. The summed E-state index contributed by atoms with van der Waals surface area (Å²) in [7, 11) is -1.60. The molecule has 120 valence electrons. The summed E-state index contributed by atoms with van der Waals surface area (Å²) in [6.45, 7) is 14.1. The van der Waals surface area contributed by atoms with E-state index in [0.29, 0.717) is 13.2 Å². The molecule has 21 heavy (non-hydrogen) atoms. The standard InChI is InChI=1S/C17H30O3Si/c1-17(2,3)21(4,5)20-13-9-12-18-14-15-19-16-10-7-6-8-11-16/h6-8,10-11H,9,12-15H2,1-5H3. The maximum absolute atomic E-state index is 6.10. The lowest BCUT2D eigenvalue weighted by Gasteiger charge is -2.36. The highest BCUT2D eigenvalue weighted by Crippen LogP contribution is 2.36. The zero-order valence-corrected chi connectivity index (χ0v) is 15.1. The van der Waals surface area contributed by atoms with Gasteiger partial charge in [0, 0.05) is 13.2 Å². The fraction of sp³-hybridized carbons (Fsp3) is 0.647. The fourth-order valence-corrected chi connectivity index (χ4v) is 2.63. The Morgan fingerprint density at radius 3 is 2.19 bits per heavy atom. The smallest absolute Gasteiger partial charge is 0.191 e. The minimum atomic E-state index is -1.60. The topological polar surface area (TPSA) is 27.7 Å². The largest absolute Gasteiger partial charge is 0.491 e. The van der Waals surface area contributed by atoms with Crippen LogP contribution in [-0.2, 0) is 9.16 Å². The number of benzene rings is 1. The van der Waals surface area contributed by atoms with Crippen LogP contribution in [0.3, 0.4) is 0 Å². The number of hydrogen-bond acceptors (Lipinski definition) is 3. The summed E-state index contributed by atoms with van der Waals surface area (Å²) >= 11 is 0. The van der Waals surface area contributed by atoms with Crippen molar-refractivity contribution < 1.29 is 13.9 Å². The van der Waals surface area contributed by atoms with Crippen LogP contribution in [0, 0.1) is 0 Å². The maximum Gasteiger partial charge on any atom is 0.191 e. The molecule has 0 unspecified atom stereocenters. The second kappa shape index (κ2) is 8.56. The highest BCUT2D eigenvalue weighted by Gasteiger charge is 2.36. The number of hydrogen-bond donors (Lipinski definition) is 0. The summed E-state index contributed by atoms with van der Waals surface area (Å²) in [5, 5.41) is 0.275. The van der Waals surface area contributed by atoms with Gasteiger partial charge in [0.2, 0.25) is 0 Å². The van der Waals surface area contributed by atoms with Crippen LogP contribution in [-0.4, -0.2) is 34.7 Å². The van der Waals surface area contributed by atoms with Gasteiger partial charge in [-0.05, 0) is 36.7 Å². The summed E-state index contributed by atoms with van der Waals surface area (Å²) in [6, 6.07) is 9.81. The number of ether oxygens (including phenoxy) is 2. The van der Waals surface area contributed by atoms with Gasteiger partial charge in [-0.1, -0.05) is 39.0 Å². The highest BCUT2D eigenvalue weighted by atomic mass is 28.4. The maximum atomic E-state index is 6.10. The van der Waals surface area contributed by atoms with E-state index in [1.807, 2.05) is 30.3 Å². The first-order valence-corrected chi connectivity index (χ1v) is 10.6. The van der Waals surface area contributed by atoms with Gasteiger partial charge in [-0.25, -0.2) is 0 Å². The van der Waals surface area contributed by atoms with Crippen LogP contribution in [0.15, 0.2) is 30.3 Å². The van der Waals surface area contributed by atoms with E-state index in [1.165, 1.54) is 0 Å². The van der Waals surface area contributed by atoms with Crippen molar-refractivity contribution in [2.75, 3.05) is 26.4 Å². The first-order valence-electron chi connectivity index (χ1n) is 7.72. The summed E-state index contributed by atoms with van der Waals surface area (Å²) in [5.74, 6) is 0.891.